The molecule has 0 aromatic rings. The third kappa shape index (κ3) is 69.5. The molecule has 0 fully saturated rings. The zero-order valence-corrected chi connectivity index (χ0v) is 54.1. The Balaban J connectivity index is 3.56. The van der Waals surface area contributed by atoms with Crippen molar-refractivity contribution in [2.75, 3.05) is 13.2 Å². The summed E-state index contributed by atoms with van der Waals surface area (Å²) in [6, 6.07) is 0. The summed E-state index contributed by atoms with van der Waals surface area (Å²) in [4.78, 5) is 24.7. The number of hydrogen-bond acceptors (Lipinski definition) is 5. The highest BCUT2D eigenvalue weighted by Crippen LogP contribution is 2.16. The number of carbonyl (C=O) groups excluding carboxylic acids is 2. The number of carbonyl (C=O) groups is 2. The van der Waals surface area contributed by atoms with Crippen LogP contribution in [0.3, 0.4) is 0 Å². The Morgan fingerprint density at radius 3 is 0.714 bits per heavy atom. The van der Waals surface area contributed by atoms with Gasteiger partial charge in [0.15, 0.2) is 6.10 Å². The van der Waals surface area contributed by atoms with Crippen molar-refractivity contribution in [1.29, 1.82) is 0 Å². The lowest BCUT2D eigenvalue weighted by Crippen LogP contribution is -2.28. The molecular weight excluding hydrogens is 1030 g/mol. The van der Waals surface area contributed by atoms with Gasteiger partial charge in [-0.15, -0.1) is 0 Å². The first-order valence-electron chi connectivity index (χ1n) is 34.3. The van der Waals surface area contributed by atoms with Gasteiger partial charge in [0.1, 0.15) is 6.61 Å². The van der Waals surface area contributed by atoms with Crippen LogP contribution in [0.15, 0.2) is 182 Å². The first-order valence-corrected chi connectivity index (χ1v) is 34.3. The van der Waals surface area contributed by atoms with Crippen molar-refractivity contribution in [3.63, 3.8) is 0 Å². The van der Waals surface area contributed by atoms with E-state index >= 15 is 0 Å². The second-order valence-electron chi connectivity index (χ2n) is 22.1. The van der Waals surface area contributed by atoms with Gasteiger partial charge < -0.3 is 14.6 Å². The summed E-state index contributed by atoms with van der Waals surface area (Å²) in [7, 11) is 0. The summed E-state index contributed by atoms with van der Waals surface area (Å²) < 4.78 is 10.7. The van der Waals surface area contributed by atoms with Crippen LogP contribution in [-0.4, -0.2) is 36.4 Å². The van der Waals surface area contributed by atoms with Crippen LogP contribution in [-0.2, 0) is 19.1 Å². The number of allylic oxidation sites excluding steroid dienone is 30. The van der Waals surface area contributed by atoms with Gasteiger partial charge in [0.2, 0.25) is 0 Å². The third-order valence-corrected chi connectivity index (χ3v) is 14.2. The summed E-state index contributed by atoms with van der Waals surface area (Å²) in [6.07, 6.45) is 113. The standard InChI is InChI=1S/C79H126O5/c1-3-5-7-9-11-13-15-17-19-21-23-25-27-29-31-33-35-37-38-39-40-42-44-46-48-50-52-54-56-58-60-62-64-66-68-70-72-74-79(82)84-77(75-80)76-83-78(81)73-71-69-67-65-63-61-59-57-55-53-51-49-47-45-43-41-36-34-32-30-28-26-24-22-20-18-16-14-12-10-8-6-4-2/h5-8,11-14,17-20,23-26,29-32,35-37,39-41,44,46,50,52,77,80H,3-4,9-10,15-16,21-22,27-28,33-34,38,42-43,45,47-49,51,53-76H2,1-2H3/b7-5-,8-6-,13-11-,14-12-,19-17-,20-18-,25-23-,26-24-,31-29-,32-30-,37-35-,40-39-,41-36-,46-44-,52-50-. The first-order chi connectivity index (χ1) is 41.6. The average Bonchev–Trinajstić information content (AvgIpc) is 3.51. The largest absolute Gasteiger partial charge is 0.462 e. The summed E-state index contributed by atoms with van der Waals surface area (Å²) in [5, 5.41) is 9.70. The van der Waals surface area contributed by atoms with E-state index in [2.05, 4.69) is 196 Å². The minimum absolute atomic E-state index is 0.0779. The van der Waals surface area contributed by atoms with Gasteiger partial charge >= 0.3 is 11.9 Å². The molecule has 0 saturated heterocycles. The van der Waals surface area contributed by atoms with E-state index in [-0.39, 0.29) is 25.2 Å². The van der Waals surface area contributed by atoms with Gasteiger partial charge in [0, 0.05) is 12.8 Å². The van der Waals surface area contributed by atoms with Crippen molar-refractivity contribution in [3.8, 4) is 0 Å². The highest BCUT2D eigenvalue weighted by atomic mass is 16.6. The zero-order chi connectivity index (χ0) is 60.5. The van der Waals surface area contributed by atoms with E-state index in [0.29, 0.717) is 12.8 Å². The van der Waals surface area contributed by atoms with Crippen LogP contribution < -0.4 is 0 Å². The maximum Gasteiger partial charge on any atom is 0.306 e. The van der Waals surface area contributed by atoms with E-state index in [4.69, 9.17) is 9.47 Å². The Morgan fingerprint density at radius 1 is 0.274 bits per heavy atom. The average molecular weight is 1160 g/mol. The number of hydrogen-bond donors (Lipinski definition) is 1. The number of unbranched alkanes of at least 4 members (excludes halogenated alkanes) is 23. The van der Waals surface area contributed by atoms with Gasteiger partial charge in [-0.05, 0) is 135 Å². The molecule has 472 valence electrons. The number of aliphatic hydroxyl groups excluding tert-OH is 1. The van der Waals surface area contributed by atoms with Crippen molar-refractivity contribution in [1.82, 2.24) is 0 Å². The smallest absolute Gasteiger partial charge is 0.306 e. The molecule has 84 heavy (non-hydrogen) atoms. The molecule has 0 spiro atoms. The van der Waals surface area contributed by atoms with Crippen LogP contribution in [0, 0.1) is 0 Å². The van der Waals surface area contributed by atoms with Gasteiger partial charge in [-0.1, -0.05) is 318 Å². The van der Waals surface area contributed by atoms with Crippen LogP contribution >= 0.6 is 0 Å². The fourth-order valence-electron chi connectivity index (χ4n) is 9.14. The Bertz CT molecular complexity index is 1890. The monoisotopic (exact) mass is 1150 g/mol. The Hall–Kier alpha value is -5.00. The lowest BCUT2D eigenvalue weighted by molar-refractivity contribution is -0.161. The van der Waals surface area contributed by atoms with Gasteiger partial charge in [-0.2, -0.15) is 0 Å². The number of rotatable bonds is 61. The molecule has 1 atom stereocenters. The second-order valence-corrected chi connectivity index (χ2v) is 22.1. The first kappa shape index (κ1) is 79.0. The van der Waals surface area contributed by atoms with E-state index in [0.717, 1.165) is 141 Å². The molecule has 0 saturated carbocycles. The quantitative estimate of drug-likeness (QED) is 0.0373. The van der Waals surface area contributed by atoms with E-state index in [1.807, 2.05) is 0 Å². The molecule has 0 aliphatic carbocycles. The van der Waals surface area contributed by atoms with E-state index in [1.54, 1.807) is 0 Å². The fraction of sp³-hybridized carbons (Fsp3) is 0.595. The van der Waals surface area contributed by atoms with Crippen LogP contribution in [0.4, 0.5) is 0 Å². The predicted molar refractivity (Wildman–Crippen MR) is 370 cm³/mol. The molecule has 0 aliphatic rings. The number of ether oxygens (including phenoxy) is 2. The maximum atomic E-state index is 12.4. The Labute approximate surface area is 518 Å². The summed E-state index contributed by atoms with van der Waals surface area (Å²) in [6.45, 7) is 3.91. The van der Waals surface area contributed by atoms with Crippen molar-refractivity contribution >= 4 is 11.9 Å². The van der Waals surface area contributed by atoms with Crippen molar-refractivity contribution in [3.05, 3.63) is 182 Å². The minimum Gasteiger partial charge on any atom is -0.462 e. The van der Waals surface area contributed by atoms with Gasteiger partial charge in [-0.25, -0.2) is 0 Å². The molecule has 0 aromatic carbocycles. The topological polar surface area (TPSA) is 72.8 Å². The molecular formula is C79H126O5. The zero-order valence-electron chi connectivity index (χ0n) is 54.1. The highest BCUT2D eigenvalue weighted by molar-refractivity contribution is 5.70. The van der Waals surface area contributed by atoms with Crippen LogP contribution in [0.25, 0.3) is 0 Å². The Kier molecular flexibility index (Phi) is 68.0. The highest BCUT2D eigenvalue weighted by Gasteiger charge is 2.16. The lowest BCUT2D eigenvalue weighted by Gasteiger charge is -2.15. The molecule has 0 amide bonds. The molecule has 0 aliphatic heterocycles. The molecule has 0 aromatic heterocycles. The maximum absolute atomic E-state index is 12.4. The van der Waals surface area contributed by atoms with E-state index in [9.17, 15) is 14.7 Å². The van der Waals surface area contributed by atoms with Gasteiger partial charge in [-0.3, -0.25) is 9.59 Å². The van der Waals surface area contributed by atoms with Crippen molar-refractivity contribution in [2.45, 2.75) is 290 Å². The van der Waals surface area contributed by atoms with E-state index < -0.39 is 6.10 Å². The molecule has 5 heteroatoms. The molecule has 1 N–H and O–H groups in total. The third-order valence-electron chi connectivity index (χ3n) is 14.2. The fourth-order valence-corrected chi connectivity index (χ4v) is 9.14. The minimum atomic E-state index is -0.790. The normalized spacial score (nSPS) is 13.4. The van der Waals surface area contributed by atoms with Crippen LogP contribution in [0.1, 0.15) is 284 Å². The number of esters is 2. The number of aliphatic hydroxyl groups is 1. The SMILES string of the molecule is CC/C=C\C/C=C\C/C=C\C/C=C\C/C=C\C/C=C\C/C=C\C/C=C\C/C=C\CCCCCCCCCCCC(=O)OC(CO)COC(=O)CCCCCCCCCCCCCCCC/C=C\C/C=C\C/C=C\C/C=C\C/C=C\C/C=C\CC. The van der Waals surface area contributed by atoms with Crippen molar-refractivity contribution in [2.24, 2.45) is 0 Å². The summed E-state index contributed by atoms with van der Waals surface area (Å²) in [5.74, 6) is -0.604. The van der Waals surface area contributed by atoms with E-state index in [1.165, 1.54) is 116 Å². The predicted octanol–water partition coefficient (Wildman–Crippen LogP) is 24.2. The molecule has 0 heterocycles. The molecule has 0 radical (unpaired) electrons. The summed E-state index contributed by atoms with van der Waals surface area (Å²) in [5.41, 5.74) is 0. The lowest BCUT2D eigenvalue weighted by atomic mass is 10.0. The second kappa shape index (κ2) is 72.3. The molecule has 1 unspecified atom stereocenters. The molecule has 0 rings (SSSR count). The van der Waals surface area contributed by atoms with Crippen LogP contribution in [0.2, 0.25) is 0 Å². The summed E-state index contributed by atoms with van der Waals surface area (Å²) >= 11 is 0. The molecule has 0 bridgehead atoms. The Morgan fingerprint density at radius 2 is 0.476 bits per heavy atom. The van der Waals surface area contributed by atoms with Gasteiger partial charge in [0.05, 0.1) is 6.61 Å². The molecule has 5 nitrogen and oxygen atoms in total. The van der Waals surface area contributed by atoms with Crippen LogP contribution in [0.5, 0.6) is 0 Å². The van der Waals surface area contributed by atoms with Crippen molar-refractivity contribution < 1.29 is 24.2 Å². The van der Waals surface area contributed by atoms with Gasteiger partial charge in [0.25, 0.3) is 0 Å².